The standard InChI is InChI=1S/C13H18N2O2/c1-13(2,3)17-15-12(16)9-4-5-10-7-14-8-11(10)6-9/h4-6,14H,7-8H2,1-3H3,(H,15,16). The van der Waals surface area contributed by atoms with Crippen LogP contribution in [0.5, 0.6) is 0 Å². The third kappa shape index (κ3) is 3.05. The van der Waals surface area contributed by atoms with Crippen LogP contribution in [0.15, 0.2) is 18.2 Å². The smallest absolute Gasteiger partial charge is 0.274 e. The number of benzene rings is 1. The molecule has 0 aromatic heterocycles. The largest absolute Gasteiger partial charge is 0.309 e. The quantitative estimate of drug-likeness (QED) is 0.766. The number of hydrogen-bond donors (Lipinski definition) is 2. The summed E-state index contributed by atoms with van der Waals surface area (Å²) in [5.74, 6) is -0.199. The first-order valence-corrected chi connectivity index (χ1v) is 5.76. The maximum absolute atomic E-state index is 11.8. The van der Waals surface area contributed by atoms with Gasteiger partial charge in [-0.25, -0.2) is 5.48 Å². The van der Waals surface area contributed by atoms with Gasteiger partial charge in [0.25, 0.3) is 5.91 Å². The van der Waals surface area contributed by atoms with E-state index in [1.54, 1.807) is 0 Å². The second kappa shape index (κ2) is 4.47. The average molecular weight is 234 g/mol. The zero-order valence-electron chi connectivity index (χ0n) is 10.5. The number of nitrogens with one attached hydrogen (secondary N) is 2. The summed E-state index contributed by atoms with van der Waals surface area (Å²) in [5, 5.41) is 3.25. The summed E-state index contributed by atoms with van der Waals surface area (Å²) in [6, 6.07) is 5.73. The first kappa shape index (κ1) is 12.1. The Labute approximate surface area is 101 Å². The van der Waals surface area contributed by atoms with E-state index in [2.05, 4.69) is 10.8 Å². The van der Waals surface area contributed by atoms with Gasteiger partial charge in [-0.2, -0.15) is 0 Å². The maximum Gasteiger partial charge on any atom is 0.274 e. The third-order valence-corrected chi connectivity index (χ3v) is 2.55. The Balaban J connectivity index is 2.05. The molecule has 0 saturated carbocycles. The minimum absolute atomic E-state index is 0.199. The highest BCUT2D eigenvalue weighted by Gasteiger charge is 2.16. The summed E-state index contributed by atoms with van der Waals surface area (Å²) in [6.07, 6.45) is 0. The van der Waals surface area contributed by atoms with E-state index in [-0.39, 0.29) is 11.5 Å². The Hall–Kier alpha value is -1.39. The molecule has 1 aromatic carbocycles. The fraction of sp³-hybridized carbons (Fsp3) is 0.462. The lowest BCUT2D eigenvalue weighted by molar-refractivity contribution is -0.0589. The van der Waals surface area contributed by atoms with E-state index in [1.807, 2.05) is 39.0 Å². The van der Waals surface area contributed by atoms with E-state index in [4.69, 9.17) is 4.84 Å². The maximum atomic E-state index is 11.8. The number of carbonyl (C=O) groups is 1. The molecule has 92 valence electrons. The molecule has 1 aliphatic rings. The number of hydroxylamine groups is 1. The summed E-state index contributed by atoms with van der Waals surface area (Å²) in [6.45, 7) is 7.38. The van der Waals surface area contributed by atoms with Gasteiger partial charge in [-0.3, -0.25) is 9.63 Å². The topological polar surface area (TPSA) is 50.4 Å². The van der Waals surface area contributed by atoms with E-state index < -0.39 is 0 Å². The summed E-state index contributed by atoms with van der Waals surface area (Å²) in [7, 11) is 0. The molecule has 1 aromatic rings. The van der Waals surface area contributed by atoms with Crippen LogP contribution < -0.4 is 10.8 Å². The number of carbonyl (C=O) groups excluding carboxylic acids is 1. The van der Waals surface area contributed by atoms with Crippen LogP contribution >= 0.6 is 0 Å². The van der Waals surface area contributed by atoms with Crippen molar-refractivity contribution in [3.05, 3.63) is 34.9 Å². The Morgan fingerprint density at radius 2 is 2.00 bits per heavy atom. The Kier molecular flexibility index (Phi) is 3.17. The van der Waals surface area contributed by atoms with Crippen molar-refractivity contribution in [1.82, 2.24) is 10.8 Å². The first-order valence-electron chi connectivity index (χ1n) is 5.76. The molecule has 0 spiro atoms. The van der Waals surface area contributed by atoms with Crippen molar-refractivity contribution in [2.24, 2.45) is 0 Å². The van der Waals surface area contributed by atoms with Gasteiger partial charge in [-0.1, -0.05) is 6.07 Å². The molecule has 1 aliphatic heterocycles. The van der Waals surface area contributed by atoms with Crippen molar-refractivity contribution >= 4 is 5.91 Å². The van der Waals surface area contributed by atoms with Crippen LogP contribution in [0.25, 0.3) is 0 Å². The van der Waals surface area contributed by atoms with Crippen molar-refractivity contribution < 1.29 is 9.63 Å². The average Bonchev–Trinajstić information content (AvgIpc) is 2.71. The SMILES string of the molecule is CC(C)(C)ONC(=O)c1ccc2c(c1)CNC2. The summed E-state index contributed by atoms with van der Waals surface area (Å²) in [4.78, 5) is 17.1. The molecule has 0 unspecified atom stereocenters. The van der Waals surface area contributed by atoms with Gasteiger partial charge in [0.2, 0.25) is 0 Å². The molecule has 0 atom stereocenters. The zero-order valence-corrected chi connectivity index (χ0v) is 10.5. The Morgan fingerprint density at radius 1 is 1.29 bits per heavy atom. The van der Waals surface area contributed by atoms with E-state index in [1.165, 1.54) is 11.1 Å². The fourth-order valence-corrected chi connectivity index (χ4v) is 1.69. The van der Waals surface area contributed by atoms with Crippen LogP contribution in [0.2, 0.25) is 0 Å². The molecular weight excluding hydrogens is 216 g/mol. The van der Waals surface area contributed by atoms with Gasteiger partial charge in [0, 0.05) is 18.7 Å². The van der Waals surface area contributed by atoms with Crippen LogP contribution in [0.3, 0.4) is 0 Å². The number of fused-ring (bicyclic) bond motifs is 1. The third-order valence-electron chi connectivity index (χ3n) is 2.55. The van der Waals surface area contributed by atoms with Gasteiger partial charge in [0.1, 0.15) is 0 Å². The van der Waals surface area contributed by atoms with Crippen LogP contribution in [-0.2, 0) is 17.9 Å². The van der Waals surface area contributed by atoms with Crippen LogP contribution in [0.4, 0.5) is 0 Å². The molecule has 4 heteroatoms. The lowest BCUT2D eigenvalue weighted by Gasteiger charge is -2.19. The lowest BCUT2D eigenvalue weighted by Crippen LogP contribution is -2.33. The predicted octanol–water partition coefficient (Wildman–Crippen LogP) is 1.75. The monoisotopic (exact) mass is 234 g/mol. The van der Waals surface area contributed by atoms with Gasteiger partial charge in [-0.05, 0) is 44.0 Å². The van der Waals surface area contributed by atoms with E-state index >= 15 is 0 Å². The minimum atomic E-state index is -0.381. The van der Waals surface area contributed by atoms with Gasteiger partial charge in [0.05, 0.1) is 5.60 Å². The van der Waals surface area contributed by atoms with Crippen molar-refractivity contribution in [3.8, 4) is 0 Å². The molecule has 0 saturated heterocycles. The number of rotatable bonds is 2. The van der Waals surface area contributed by atoms with Crippen LogP contribution in [0.1, 0.15) is 42.3 Å². The highest BCUT2D eigenvalue weighted by Crippen LogP contribution is 2.17. The molecule has 2 rings (SSSR count). The Morgan fingerprint density at radius 3 is 2.71 bits per heavy atom. The molecule has 4 nitrogen and oxygen atoms in total. The molecule has 1 amide bonds. The molecule has 2 N–H and O–H groups in total. The van der Waals surface area contributed by atoms with Gasteiger partial charge >= 0.3 is 0 Å². The van der Waals surface area contributed by atoms with Crippen molar-refractivity contribution in [3.63, 3.8) is 0 Å². The van der Waals surface area contributed by atoms with E-state index in [0.717, 1.165) is 13.1 Å². The number of amides is 1. The van der Waals surface area contributed by atoms with E-state index in [9.17, 15) is 4.79 Å². The summed E-state index contributed by atoms with van der Waals surface area (Å²) >= 11 is 0. The summed E-state index contributed by atoms with van der Waals surface area (Å²) in [5.41, 5.74) is 5.18. The highest BCUT2D eigenvalue weighted by atomic mass is 16.7. The first-order chi connectivity index (χ1) is 7.96. The van der Waals surface area contributed by atoms with Crippen molar-refractivity contribution in [1.29, 1.82) is 0 Å². The number of hydrogen-bond acceptors (Lipinski definition) is 3. The summed E-state index contributed by atoms with van der Waals surface area (Å²) < 4.78 is 0. The van der Waals surface area contributed by atoms with Crippen LogP contribution in [-0.4, -0.2) is 11.5 Å². The van der Waals surface area contributed by atoms with Gasteiger partial charge < -0.3 is 5.32 Å². The van der Waals surface area contributed by atoms with Crippen molar-refractivity contribution in [2.75, 3.05) is 0 Å². The molecular formula is C13H18N2O2. The highest BCUT2D eigenvalue weighted by molar-refractivity contribution is 5.93. The zero-order chi connectivity index (χ0) is 12.5. The van der Waals surface area contributed by atoms with Crippen LogP contribution in [0, 0.1) is 0 Å². The predicted molar refractivity (Wildman–Crippen MR) is 65.3 cm³/mol. The lowest BCUT2D eigenvalue weighted by atomic mass is 10.1. The Bertz CT molecular complexity index is 436. The molecule has 0 radical (unpaired) electrons. The van der Waals surface area contributed by atoms with Gasteiger partial charge in [-0.15, -0.1) is 0 Å². The van der Waals surface area contributed by atoms with Crippen molar-refractivity contribution in [2.45, 2.75) is 39.5 Å². The molecule has 1 heterocycles. The molecule has 0 aliphatic carbocycles. The second-order valence-electron chi connectivity index (χ2n) is 5.23. The second-order valence-corrected chi connectivity index (χ2v) is 5.23. The molecule has 17 heavy (non-hydrogen) atoms. The van der Waals surface area contributed by atoms with E-state index in [0.29, 0.717) is 5.56 Å². The normalized spacial score (nSPS) is 14.5. The fourth-order valence-electron chi connectivity index (χ4n) is 1.69. The minimum Gasteiger partial charge on any atom is -0.309 e. The molecule has 0 bridgehead atoms. The van der Waals surface area contributed by atoms with Gasteiger partial charge in [0.15, 0.2) is 0 Å². The molecule has 0 fully saturated rings.